The zero-order valence-electron chi connectivity index (χ0n) is 9.63. The van der Waals surface area contributed by atoms with Crippen LogP contribution in [-0.4, -0.2) is 25.3 Å². The number of benzene rings is 1. The van der Waals surface area contributed by atoms with Gasteiger partial charge in [-0.2, -0.15) is 9.57 Å². The highest BCUT2D eigenvalue weighted by Gasteiger charge is 2.35. The largest absolute Gasteiger partial charge is 0.244 e. The summed E-state index contributed by atoms with van der Waals surface area (Å²) in [5.41, 5.74) is 0.719. The molecule has 0 radical (unpaired) electrons. The quantitative estimate of drug-likeness (QED) is 0.802. The van der Waals surface area contributed by atoms with Crippen molar-refractivity contribution in [3.63, 3.8) is 0 Å². The van der Waals surface area contributed by atoms with Crippen LogP contribution in [0.3, 0.4) is 0 Å². The lowest BCUT2D eigenvalue weighted by atomic mass is 10.2. The summed E-state index contributed by atoms with van der Waals surface area (Å²) in [6.07, 6.45) is 1.38. The van der Waals surface area contributed by atoms with Gasteiger partial charge in [-0.15, -0.1) is 0 Å². The fourth-order valence-electron chi connectivity index (χ4n) is 2.13. The lowest BCUT2D eigenvalue weighted by Gasteiger charge is -2.20. The summed E-state index contributed by atoms with van der Waals surface area (Å²) in [6.45, 7) is 2.21. The van der Waals surface area contributed by atoms with E-state index in [-0.39, 0.29) is 0 Å². The molecular weight excluding hydrogens is 236 g/mol. The van der Waals surface area contributed by atoms with E-state index in [1.165, 1.54) is 4.31 Å². The van der Waals surface area contributed by atoms with E-state index in [1.807, 2.05) is 0 Å². The molecule has 1 atom stereocenters. The van der Waals surface area contributed by atoms with Crippen LogP contribution < -0.4 is 0 Å². The minimum Gasteiger partial charge on any atom is -0.207 e. The van der Waals surface area contributed by atoms with Crippen LogP contribution in [0.25, 0.3) is 0 Å². The van der Waals surface area contributed by atoms with Gasteiger partial charge in [0.15, 0.2) is 0 Å². The summed E-state index contributed by atoms with van der Waals surface area (Å²) in [4.78, 5) is 0.308. The summed E-state index contributed by atoms with van der Waals surface area (Å²) < 4.78 is 26.1. The van der Waals surface area contributed by atoms with Crippen molar-refractivity contribution in [2.75, 3.05) is 6.54 Å². The van der Waals surface area contributed by atoms with E-state index >= 15 is 0 Å². The van der Waals surface area contributed by atoms with Crippen molar-refractivity contribution in [1.82, 2.24) is 4.31 Å². The Bertz CT molecular complexity index is 560. The number of hydrogen-bond donors (Lipinski definition) is 0. The minimum absolute atomic E-state index is 0.308. The van der Waals surface area contributed by atoms with Gasteiger partial charge in [0.1, 0.15) is 6.04 Å². The SMILES string of the molecule is Cc1ccccc1S(=O)(=O)N1CCCC1C#N. The Hall–Kier alpha value is -1.38. The van der Waals surface area contributed by atoms with E-state index in [0.29, 0.717) is 17.9 Å². The molecule has 0 amide bonds. The highest BCUT2D eigenvalue weighted by atomic mass is 32.2. The number of aryl methyl sites for hydroxylation is 1. The molecule has 1 saturated heterocycles. The van der Waals surface area contributed by atoms with Gasteiger partial charge in [-0.1, -0.05) is 18.2 Å². The summed E-state index contributed by atoms with van der Waals surface area (Å²) in [7, 11) is -3.52. The molecule has 1 heterocycles. The molecule has 1 aromatic carbocycles. The Balaban J connectivity index is 2.45. The van der Waals surface area contributed by atoms with E-state index in [0.717, 1.165) is 12.0 Å². The molecule has 1 fully saturated rings. The molecule has 0 bridgehead atoms. The lowest BCUT2D eigenvalue weighted by molar-refractivity contribution is 0.437. The molecule has 1 unspecified atom stereocenters. The molecule has 1 aliphatic heterocycles. The van der Waals surface area contributed by atoms with Crippen LogP contribution in [0.4, 0.5) is 0 Å². The van der Waals surface area contributed by atoms with Crippen LogP contribution in [0.1, 0.15) is 18.4 Å². The first-order chi connectivity index (χ1) is 8.07. The zero-order chi connectivity index (χ0) is 12.5. The average Bonchev–Trinajstić information content (AvgIpc) is 2.78. The molecule has 1 aromatic rings. The van der Waals surface area contributed by atoms with Gasteiger partial charge in [-0.05, 0) is 31.4 Å². The van der Waals surface area contributed by atoms with Crippen LogP contribution in [0, 0.1) is 18.3 Å². The van der Waals surface area contributed by atoms with E-state index in [2.05, 4.69) is 6.07 Å². The lowest BCUT2D eigenvalue weighted by Crippen LogP contribution is -2.34. The Morgan fingerprint density at radius 3 is 2.76 bits per heavy atom. The van der Waals surface area contributed by atoms with Crippen LogP contribution in [0.15, 0.2) is 29.2 Å². The first kappa shape index (κ1) is 12.1. The van der Waals surface area contributed by atoms with Crippen molar-refractivity contribution in [3.8, 4) is 6.07 Å². The first-order valence-electron chi connectivity index (χ1n) is 5.54. The number of rotatable bonds is 2. The summed E-state index contributed by atoms with van der Waals surface area (Å²) >= 11 is 0. The van der Waals surface area contributed by atoms with Crippen molar-refractivity contribution in [1.29, 1.82) is 5.26 Å². The highest BCUT2D eigenvalue weighted by molar-refractivity contribution is 7.89. The normalized spacial score (nSPS) is 21.3. The molecule has 0 spiro atoms. The Labute approximate surface area is 102 Å². The van der Waals surface area contributed by atoms with E-state index in [9.17, 15) is 8.42 Å². The number of hydrogen-bond acceptors (Lipinski definition) is 3. The van der Waals surface area contributed by atoms with Crippen molar-refractivity contribution in [2.45, 2.75) is 30.7 Å². The molecule has 1 aliphatic rings. The zero-order valence-corrected chi connectivity index (χ0v) is 10.4. The molecular formula is C12H14N2O2S. The average molecular weight is 250 g/mol. The van der Waals surface area contributed by atoms with Gasteiger partial charge in [-0.3, -0.25) is 0 Å². The molecule has 5 heteroatoms. The van der Waals surface area contributed by atoms with Crippen LogP contribution in [0.5, 0.6) is 0 Å². The van der Waals surface area contributed by atoms with Gasteiger partial charge >= 0.3 is 0 Å². The fraction of sp³-hybridized carbons (Fsp3) is 0.417. The van der Waals surface area contributed by atoms with Crippen LogP contribution >= 0.6 is 0 Å². The third kappa shape index (κ3) is 2.06. The fourth-order valence-corrected chi connectivity index (χ4v) is 3.96. The second-order valence-electron chi connectivity index (χ2n) is 4.17. The van der Waals surface area contributed by atoms with Crippen LogP contribution in [0.2, 0.25) is 0 Å². The summed E-state index contributed by atoms with van der Waals surface area (Å²) in [5.74, 6) is 0. The third-order valence-electron chi connectivity index (χ3n) is 3.03. The third-order valence-corrected chi connectivity index (χ3v) is 5.10. The predicted octanol–water partition coefficient (Wildman–Crippen LogP) is 1.67. The monoisotopic (exact) mass is 250 g/mol. The van der Waals surface area contributed by atoms with Crippen LogP contribution in [-0.2, 0) is 10.0 Å². The number of nitrogens with zero attached hydrogens (tertiary/aromatic N) is 2. The minimum atomic E-state index is -3.52. The number of sulfonamides is 1. The van der Waals surface area contributed by atoms with Gasteiger partial charge in [0.2, 0.25) is 10.0 Å². The van der Waals surface area contributed by atoms with Crippen molar-refractivity contribution >= 4 is 10.0 Å². The molecule has 0 aromatic heterocycles. The van der Waals surface area contributed by atoms with E-state index in [4.69, 9.17) is 5.26 Å². The van der Waals surface area contributed by atoms with Gasteiger partial charge in [0, 0.05) is 6.54 Å². The Morgan fingerprint density at radius 1 is 1.41 bits per heavy atom. The highest BCUT2D eigenvalue weighted by Crippen LogP contribution is 2.27. The molecule has 90 valence electrons. The van der Waals surface area contributed by atoms with Gasteiger partial charge in [0.05, 0.1) is 11.0 Å². The van der Waals surface area contributed by atoms with E-state index in [1.54, 1.807) is 31.2 Å². The summed E-state index contributed by atoms with van der Waals surface area (Å²) in [5, 5.41) is 8.96. The second kappa shape index (κ2) is 4.47. The van der Waals surface area contributed by atoms with E-state index < -0.39 is 16.1 Å². The Kier molecular flexibility index (Phi) is 3.18. The van der Waals surface area contributed by atoms with Gasteiger partial charge < -0.3 is 0 Å². The predicted molar refractivity (Wildman–Crippen MR) is 63.7 cm³/mol. The van der Waals surface area contributed by atoms with Gasteiger partial charge in [0.25, 0.3) is 0 Å². The topological polar surface area (TPSA) is 61.2 Å². The standard InChI is InChI=1S/C12H14N2O2S/c1-10-5-2-3-7-12(10)17(15,16)14-8-4-6-11(14)9-13/h2-3,5,7,11H,4,6,8H2,1H3. The second-order valence-corrected chi connectivity index (χ2v) is 6.03. The smallest absolute Gasteiger partial charge is 0.207 e. The molecule has 0 aliphatic carbocycles. The van der Waals surface area contributed by atoms with Crippen molar-refractivity contribution in [2.24, 2.45) is 0 Å². The Morgan fingerprint density at radius 2 is 2.12 bits per heavy atom. The van der Waals surface area contributed by atoms with Gasteiger partial charge in [-0.25, -0.2) is 8.42 Å². The maximum absolute atomic E-state index is 12.4. The molecule has 2 rings (SSSR count). The molecule has 0 N–H and O–H groups in total. The van der Waals surface area contributed by atoms with Crippen molar-refractivity contribution in [3.05, 3.63) is 29.8 Å². The molecule has 4 nitrogen and oxygen atoms in total. The maximum atomic E-state index is 12.4. The molecule has 0 saturated carbocycles. The molecule has 17 heavy (non-hydrogen) atoms. The maximum Gasteiger partial charge on any atom is 0.244 e. The van der Waals surface area contributed by atoms with Crippen molar-refractivity contribution < 1.29 is 8.42 Å². The number of nitriles is 1. The summed E-state index contributed by atoms with van der Waals surface area (Å²) in [6, 6.07) is 8.42. The first-order valence-corrected chi connectivity index (χ1v) is 6.98.